The molecule has 1 saturated carbocycles. The number of hydrogen-bond acceptors (Lipinski definition) is 3. The third-order valence-electron chi connectivity index (χ3n) is 5.39. The summed E-state index contributed by atoms with van der Waals surface area (Å²) in [5.74, 6) is 0.944. The van der Waals surface area contributed by atoms with Gasteiger partial charge in [0, 0.05) is 41.2 Å². The fourth-order valence-electron chi connectivity index (χ4n) is 3.60. The number of amides is 2. The summed E-state index contributed by atoms with van der Waals surface area (Å²) >= 11 is 5.92. The predicted molar refractivity (Wildman–Crippen MR) is 113 cm³/mol. The summed E-state index contributed by atoms with van der Waals surface area (Å²) in [4.78, 5) is 26.8. The summed E-state index contributed by atoms with van der Waals surface area (Å²) in [5, 5.41) is 3.62. The van der Waals surface area contributed by atoms with Crippen LogP contribution in [0.1, 0.15) is 46.4 Å². The number of halogens is 1. The minimum atomic E-state index is -0.0460. The van der Waals surface area contributed by atoms with Gasteiger partial charge >= 0.3 is 0 Å². The van der Waals surface area contributed by atoms with Gasteiger partial charge in [-0.25, -0.2) is 0 Å². The van der Waals surface area contributed by atoms with Crippen molar-refractivity contribution in [1.29, 1.82) is 0 Å². The third kappa shape index (κ3) is 5.30. The van der Waals surface area contributed by atoms with Crippen LogP contribution in [0.2, 0.25) is 5.02 Å². The highest BCUT2D eigenvalue weighted by atomic mass is 35.5. The Morgan fingerprint density at radius 1 is 1.07 bits per heavy atom. The van der Waals surface area contributed by atoms with Crippen LogP contribution >= 0.6 is 11.6 Å². The molecule has 4 rings (SSSR count). The Morgan fingerprint density at radius 3 is 2.62 bits per heavy atom. The van der Waals surface area contributed by atoms with Gasteiger partial charge in [0.15, 0.2) is 0 Å². The molecule has 1 N–H and O–H groups in total. The number of ether oxygens (including phenoxy) is 1. The third-order valence-corrected chi connectivity index (χ3v) is 5.64. The van der Waals surface area contributed by atoms with Crippen molar-refractivity contribution in [3.8, 4) is 5.75 Å². The number of benzene rings is 2. The van der Waals surface area contributed by atoms with E-state index in [-0.39, 0.29) is 17.7 Å². The van der Waals surface area contributed by atoms with E-state index in [1.165, 1.54) is 0 Å². The van der Waals surface area contributed by atoms with E-state index >= 15 is 0 Å². The van der Waals surface area contributed by atoms with Gasteiger partial charge in [0.25, 0.3) is 11.8 Å². The first-order valence-electron chi connectivity index (χ1n) is 10.2. The zero-order chi connectivity index (χ0) is 20.2. The van der Waals surface area contributed by atoms with Gasteiger partial charge in [-0.15, -0.1) is 0 Å². The molecule has 1 atom stereocenters. The molecule has 2 fully saturated rings. The molecule has 1 aliphatic heterocycles. The van der Waals surface area contributed by atoms with Crippen LogP contribution < -0.4 is 10.1 Å². The first-order chi connectivity index (χ1) is 14.1. The van der Waals surface area contributed by atoms with E-state index < -0.39 is 0 Å². The lowest BCUT2D eigenvalue weighted by molar-refractivity contribution is 0.0633. The number of hydrogen-bond donors (Lipinski definition) is 1. The molecule has 2 aromatic carbocycles. The molecule has 2 aromatic rings. The van der Waals surface area contributed by atoms with E-state index in [2.05, 4.69) is 5.32 Å². The Hall–Kier alpha value is -2.53. The Labute approximate surface area is 176 Å². The van der Waals surface area contributed by atoms with Gasteiger partial charge < -0.3 is 15.0 Å². The molecule has 0 radical (unpaired) electrons. The molecule has 29 heavy (non-hydrogen) atoms. The molecule has 1 heterocycles. The predicted octanol–water partition coefficient (Wildman–Crippen LogP) is 4.16. The van der Waals surface area contributed by atoms with Crippen molar-refractivity contribution in [2.45, 2.75) is 31.7 Å². The van der Waals surface area contributed by atoms with Gasteiger partial charge in [0.05, 0.1) is 6.61 Å². The normalized spacial score (nSPS) is 18.9. The molecule has 152 valence electrons. The molecule has 0 aromatic heterocycles. The fraction of sp³-hybridized carbons (Fsp3) is 0.391. The van der Waals surface area contributed by atoms with Crippen molar-refractivity contribution in [2.75, 3.05) is 19.7 Å². The SMILES string of the molecule is O=C(NC1CC1)c1cccc(OC[C@H]2CCCN(C(=O)c3ccc(Cl)cc3)C2)c1. The van der Waals surface area contributed by atoms with Gasteiger partial charge in [0.2, 0.25) is 0 Å². The van der Waals surface area contributed by atoms with E-state index in [9.17, 15) is 9.59 Å². The lowest BCUT2D eigenvalue weighted by atomic mass is 9.98. The van der Waals surface area contributed by atoms with Crippen LogP contribution in [0, 0.1) is 5.92 Å². The number of nitrogens with one attached hydrogen (secondary N) is 1. The molecular formula is C23H25ClN2O3. The van der Waals surface area contributed by atoms with E-state index in [0.29, 0.717) is 41.1 Å². The molecule has 1 aliphatic carbocycles. The highest BCUT2D eigenvalue weighted by Crippen LogP contribution is 2.23. The number of likely N-dealkylation sites (tertiary alicyclic amines) is 1. The minimum absolute atomic E-state index is 0.0325. The highest BCUT2D eigenvalue weighted by Gasteiger charge is 2.26. The van der Waals surface area contributed by atoms with Crippen molar-refractivity contribution in [2.24, 2.45) is 5.92 Å². The first kappa shape index (κ1) is 19.8. The Morgan fingerprint density at radius 2 is 1.86 bits per heavy atom. The van der Waals surface area contributed by atoms with Crippen molar-refractivity contribution < 1.29 is 14.3 Å². The molecule has 5 nitrogen and oxygen atoms in total. The molecule has 1 saturated heterocycles. The summed E-state index contributed by atoms with van der Waals surface area (Å²) in [6.45, 7) is 1.95. The van der Waals surface area contributed by atoms with Crippen LogP contribution in [-0.2, 0) is 0 Å². The lowest BCUT2D eigenvalue weighted by Crippen LogP contribution is -2.41. The fourth-order valence-corrected chi connectivity index (χ4v) is 3.72. The molecule has 0 unspecified atom stereocenters. The van der Waals surface area contributed by atoms with E-state index in [0.717, 1.165) is 32.2 Å². The maximum Gasteiger partial charge on any atom is 0.253 e. The zero-order valence-electron chi connectivity index (χ0n) is 16.3. The topological polar surface area (TPSA) is 58.6 Å². The zero-order valence-corrected chi connectivity index (χ0v) is 17.0. The van der Waals surface area contributed by atoms with Gasteiger partial charge in [-0.05, 0) is 68.1 Å². The Kier molecular flexibility index (Phi) is 6.05. The molecule has 2 aliphatic rings. The van der Waals surface area contributed by atoms with Crippen LogP contribution in [0.15, 0.2) is 48.5 Å². The van der Waals surface area contributed by atoms with Crippen LogP contribution in [0.4, 0.5) is 0 Å². The van der Waals surface area contributed by atoms with Crippen LogP contribution in [0.25, 0.3) is 0 Å². The summed E-state index contributed by atoms with van der Waals surface area (Å²) in [7, 11) is 0. The molecule has 2 amide bonds. The quantitative estimate of drug-likeness (QED) is 0.774. The average Bonchev–Trinajstić information content (AvgIpc) is 3.57. The van der Waals surface area contributed by atoms with Crippen molar-refractivity contribution in [3.05, 3.63) is 64.7 Å². The second kappa shape index (κ2) is 8.87. The van der Waals surface area contributed by atoms with Crippen molar-refractivity contribution >= 4 is 23.4 Å². The molecule has 6 heteroatoms. The summed E-state index contributed by atoms with van der Waals surface area (Å²) in [6, 6.07) is 14.7. The van der Waals surface area contributed by atoms with Crippen LogP contribution in [0.5, 0.6) is 5.75 Å². The maximum atomic E-state index is 12.7. The minimum Gasteiger partial charge on any atom is -0.493 e. The first-order valence-corrected chi connectivity index (χ1v) is 10.5. The molecule has 0 bridgehead atoms. The number of carbonyl (C=O) groups excluding carboxylic acids is 2. The number of carbonyl (C=O) groups is 2. The summed E-state index contributed by atoms with van der Waals surface area (Å²) in [5.41, 5.74) is 1.28. The Bertz CT molecular complexity index is 880. The Balaban J connectivity index is 1.32. The number of nitrogens with zero attached hydrogens (tertiary/aromatic N) is 1. The second-order valence-electron chi connectivity index (χ2n) is 7.85. The largest absolute Gasteiger partial charge is 0.493 e. The average molecular weight is 413 g/mol. The second-order valence-corrected chi connectivity index (χ2v) is 8.29. The van der Waals surface area contributed by atoms with Gasteiger partial charge in [-0.3, -0.25) is 9.59 Å². The van der Waals surface area contributed by atoms with Crippen LogP contribution in [0.3, 0.4) is 0 Å². The lowest BCUT2D eigenvalue weighted by Gasteiger charge is -2.32. The van der Waals surface area contributed by atoms with E-state index in [4.69, 9.17) is 16.3 Å². The van der Waals surface area contributed by atoms with E-state index in [1.807, 2.05) is 17.0 Å². The van der Waals surface area contributed by atoms with Crippen LogP contribution in [-0.4, -0.2) is 42.5 Å². The summed E-state index contributed by atoms with van der Waals surface area (Å²) in [6.07, 6.45) is 4.10. The molecule has 0 spiro atoms. The highest BCUT2D eigenvalue weighted by molar-refractivity contribution is 6.30. The van der Waals surface area contributed by atoms with Gasteiger partial charge in [0.1, 0.15) is 5.75 Å². The number of rotatable bonds is 6. The standard InChI is InChI=1S/C23H25ClN2O3/c24-19-8-6-17(7-9-19)23(28)26-12-2-3-16(14-26)15-29-21-5-1-4-18(13-21)22(27)25-20-10-11-20/h1,4-9,13,16,20H,2-3,10-12,14-15H2,(H,25,27)/t16-/m0/s1. The van der Waals surface area contributed by atoms with Gasteiger partial charge in [-0.2, -0.15) is 0 Å². The van der Waals surface area contributed by atoms with Crippen molar-refractivity contribution in [3.63, 3.8) is 0 Å². The van der Waals surface area contributed by atoms with E-state index in [1.54, 1.807) is 36.4 Å². The van der Waals surface area contributed by atoms with Gasteiger partial charge in [-0.1, -0.05) is 17.7 Å². The smallest absolute Gasteiger partial charge is 0.253 e. The maximum absolute atomic E-state index is 12.7. The molecular weight excluding hydrogens is 388 g/mol. The monoisotopic (exact) mass is 412 g/mol. The number of piperidine rings is 1. The van der Waals surface area contributed by atoms with Crippen molar-refractivity contribution in [1.82, 2.24) is 10.2 Å². The summed E-state index contributed by atoms with van der Waals surface area (Å²) < 4.78 is 5.97.